The van der Waals surface area contributed by atoms with Crippen LogP contribution in [0.2, 0.25) is 6.04 Å². The lowest BCUT2D eigenvalue weighted by Gasteiger charge is -2.28. The molecule has 24 heavy (non-hydrogen) atoms. The molecule has 1 aromatic rings. The molecule has 142 valence electrons. The van der Waals surface area contributed by atoms with Gasteiger partial charge in [0.25, 0.3) is 0 Å². The lowest BCUT2D eigenvalue weighted by atomic mass is 10.1. The Morgan fingerprint density at radius 2 is 1.62 bits per heavy atom. The van der Waals surface area contributed by atoms with E-state index in [1.54, 1.807) is 0 Å². The summed E-state index contributed by atoms with van der Waals surface area (Å²) in [7, 11) is -2.49. The summed E-state index contributed by atoms with van der Waals surface area (Å²) in [6.45, 7) is 14.5. The van der Waals surface area contributed by atoms with Gasteiger partial charge in [-0.25, -0.2) is 9.13 Å². The Morgan fingerprint density at radius 3 is 2.12 bits per heavy atom. The van der Waals surface area contributed by atoms with Crippen LogP contribution in [-0.4, -0.2) is 33.2 Å². The Labute approximate surface area is 155 Å². The third kappa shape index (κ3) is 8.62. The van der Waals surface area contributed by atoms with Gasteiger partial charge in [-0.3, -0.25) is 0 Å². The summed E-state index contributed by atoms with van der Waals surface area (Å²) in [6, 6.07) is 0.868. The molecule has 7 heteroatoms. The van der Waals surface area contributed by atoms with E-state index >= 15 is 0 Å². The van der Waals surface area contributed by atoms with E-state index in [1.165, 1.54) is 6.42 Å². The zero-order valence-corrected chi connectivity index (χ0v) is 17.7. The molecule has 0 aromatic carbocycles. The molecule has 1 heterocycles. The number of halogens is 1. The average molecular weight is 379 g/mol. The van der Waals surface area contributed by atoms with Gasteiger partial charge in [0.15, 0.2) is 0 Å². The first-order valence-electron chi connectivity index (χ1n) is 9.01. The molecule has 0 unspecified atom stereocenters. The van der Waals surface area contributed by atoms with Crippen LogP contribution in [0.4, 0.5) is 0 Å². The first-order valence-corrected chi connectivity index (χ1v) is 10.9. The molecular formula is C17H35ClN2O3Si. The lowest BCUT2D eigenvalue weighted by molar-refractivity contribution is -0.696. The maximum absolute atomic E-state index is 5.90. The van der Waals surface area contributed by atoms with Crippen molar-refractivity contribution in [2.75, 3.05) is 19.8 Å². The molecule has 5 nitrogen and oxygen atoms in total. The van der Waals surface area contributed by atoms with Crippen LogP contribution in [0.1, 0.15) is 47.5 Å². The molecular weight excluding hydrogens is 344 g/mol. The summed E-state index contributed by atoms with van der Waals surface area (Å²) in [5.74, 6) is 0.737. The maximum atomic E-state index is 5.90. The predicted octanol–water partition coefficient (Wildman–Crippen LogP) is 0.264. The Balaban J connectivity index is 0.00000529. The smallest absolute Gasteiger partial charge is 0.501 e. The number of imidazole rings is 1. The number of aromatic nitrogens is 2. The van der Waals surface area contributed by atoms with Crippen molar-refractivity contribution in [3.05, 3.63) is 18.7 Å². The van der Waals surface area contributed by atoms with Crippen LogP contribution in [0, 0.1) is 5.92 Å². The predicted molar refractivity (Wildman–Crippen MR) is 94.1 cm³/mol. The molecule has 0 amide bonds. The summed E-state index contributed by atoms with van der Waals surface area (Å²) in [6.07, 6.45) is 8.70. The van der Waals surface area contributed by atoms with Gasteiger partial charge < -0.3 is 25.7 Å². The number of nitrogens with zero attached hydrogens (tertiary/aromatic N) is 2. The quantitative estimate of drug-likeness (QED) is 0.365. The summed E-state index contributed by atoms with van der Waals surface area (Å²) in [4.78, 5) is 0. The number of rotatable bonds is 13. The largest absolute Gasteiger partial charge is 1.00 e. The fourth-order valence-corrected chi connectivity index (χ4v) is 5.18. The van der Waals surface area contributed by atoms with Gasteiger partial charge in [-0.1, -0.05) is 13.8 Å². The Bertz CT molecular complexity index is 413. The maximum Gasteiger partial charge on any atom is 0.501 e. The van der Waals surface area contributed by atoms with Crippen LogP contribution in [0.15, 0.2) is 18.7 Å². The van der Waals surface area contributed by atoms with E-state index in [0.29, 0.717) is 19.8 Å². The monoisotopic (exact) mass is 378 g/mol. The molecule has 0 N–H and O–H groups in total. The normalized spacial score (nSPS) is 11.8. The summed E-state index contributed by atoms with van der Waals surface area (Å²) >= 11 is 0. The van der Waals surface area contributed by atoms with Gasteiger partial charge in [0.2, 0.25) is 6.33 Å². The molecule has 1 aromatic heterocycles. The zero-order valence-electron chi connectivity index (χ0n) is 16.0. The van der Waals surface area contributed by atoms with Crippen molar-refractivity contribution < 1.29 is 30.3 Å². The Morgan fingerprint density at radius 1 is 1.04 bits per heavy atom. The second-order valence-electron chi connectivity index (χ2n) is 6.16. The van der Waals surface area contributed by atoms with Crippen LogP contribution in [0.3, 0.4) is 0 Å². The molecule has 0 aliphatic carbocycles. The van der Waals surface area contributed by atoms with Crippen molar-refractivity contribution in [1.82, 2.24) is 4.57 Å². The minimum absolute atomic E-state index is 0. The van der Waals surface area contributed by atoms with E-state index in [2.05, 4.69) is 41.7 Å². The second-order valence-corrected chi connectivity index (χ2v) is 8.89. The van der Waals surface area contributed by atoms with Gasteiger partial charge in [-0.2, -0.15) is 0 Å². The topological polar surface area (TPSA) is 36.5 Å². The average Bonchev–Trinajstić information content (AvgIpc) is 2.94. The van der Waals surface area contributed by atoms with E-state index in [1.807, 2.05) is 20.8 Å². The molecule has 0 aliphatic rings. The van der Waals surface area contributed by atoms with Crippen LogP contribution in [0.25, 0.3) is 0 Å². The highest BCUT2D eigenvalue weighted by Gasteiger charge is 2.39. The summed E-state index contributed by atoms with van der Waals surface area (Å²) in [5.41, 5.74) is 0. The van der Waals surface area contributed by atoms with E-state index in [4.69, 9.17) is 13.3 Å². The lowest BCUT2D eigenvalue weighted by Crippen LogP contribution is -3.00. The first kappa shape index (κ1) is 23.6. The van der Waals surface area contributed by atoms with Crippen molar-refractivity contribution in [2.45, 2.75) is 66.6 Å². The third-order valence-electron chi connectivity index (χ3n) is 3.70. The number of hydrogen-bond acceptors (Lipinski definition) is 3. The molecule has 0 bridgehead atoms. The minimum atomic E-state index is -2.49. The van der Waals surface area contributed by atoms with E-state index in [9.17, 15) is 0 Å². The van der Waals surface area contributed by atoms with E-state index < -0.39 is 8.80 Å². The minimum Gasteiger partial charge on any atom is -1.00 e. The van der Waals surface area contributed by atoms with Gasteiger partial charge in [-0.05, 0) is 39.5 Å². The summed E-state index contributed by atoms with van der Waals surface area (Å²) < 4.78 is 22.2. The Kier molecular flexibility index (Phi) is 12.7. The van der Waals surface area contributed by atoms with Gasteiger partial charge in [-0.15, -0.1) is 0 Å². The summed E-state index contributed by atoms with van der Waals surface area (Å²) in [5, 5.41) is 0. The SMILES string of the molecule is CCO[Si](CCC[n+]1ccn(CCC(C)C)c1)(OCC)OCC.[Cl-]. The molecule has 0 atom stereocenters. The molecule has 0 radical (unpaired) electrons. The van der Waals surface area contributed by atoms with Gasteiger partial charge in [0.05, 0.1) is 13.1 Å². The Hall–Kier alpha value is -0.403. The molecule has 0 saturated heterocycles. The van der Waals surface area contributed by atoms with Crippen LogP contribution in [-0.2, 0) is 26.4 Å². The van der Waals surface area contributed by atoms with Crippen molar-refractivity contribution in [3.8, 4) is 0 Å². The third-order valence-corrected chi connectivity index (χ3v) is 6.85. The van der Waals surface area contributed by atoms with Crippen molar-refractivity contribution >= 4 is 8.80 Å². The molecule has 0 spiro atoms. The van der Waals surface area contributed by atoms with E-state index in [0.717, 1.165) is 31.5 Å². The van der Waals surface area contributed by atoms with Crippen molar-refractivity contribution in [1.29, 1.82) is 0 Å². The highest BCUT2D eigenvalue weighted by atomic mass is 35.5. The molecule has 0 fully saturated rings. The molecule has 0 saturated carbocycles. The highest BCUT2D eigenvalue weighted by molar-refractivity contribution is 6.60. The van der Waals surface area contributed by atoms with Crippen LogP contribution < -0.4 is 17.0 Å². The zero-order chi connectivity index (χ0) is 17.1. The van der Waals surface area contributed by atoms with Gasteiger partial charge >= 0.3 is 8.80 Å². The second kappa shape index (κ2) is 12.9. The number of hydrogen-bond donors (Lipinski definition) is 0. The molecule has 1 rings (SSSR count). The van der Waals surface area contributed by atoms with Crippen LogP contribution in [0.5, 0.6) is 0 Å². The van der Waals surface area contributed by atoms with Crippen molar-refractivity contribution in [3.63, 3.8) is 0 Å². The van der Waals surface area contributed by atoms with Gasteiger partial charge in [0, 0.05) is 25.9 Å². The van der Waals surface area contributed by atoms with Crippen LogP contribution >= 0.6 is 0 Å². The fourth-order valence-electron chi connectivity index (χ4n) is 2.59. The molecule has 0 aliphatic heterocycles. The highest BCUT2D eigenvalue weighted by Crippen LogP contribution is 2.18. The number of aryl methyl sites for hydroxylation is 2. The van der Waals surface area contributed by atoms with E-state index in [-0.39, 0.29) is 12.4 Å². The van der Waals surface area contributed by atoms with Crippen molar-refractivity contribution in [2.24, 2.45) is 5.92 Å². The van der Waals surface area contributed by atoms with Gasteiger partial charge in [0.1, 0.15) is 12.4 Å². The fraction of sp³-hybridized carbons (Fsp3) is 0.824. The standard InChI is InChI=1S/C17H35N2O3Si.ClH/c1-6-20-23(21-7-2,22-8-3)15-9-11-18-13-14-19(16-18)12-10-17(4)5;/h13-14,16-17H,6-12,15H2,1-5H3;1H/q+1;/p-1. The first-order chi connectivity index (χ1) is 11.0.